The maximum Gasteiger partial charge on any atom is 0.261 e. The number of carbonyl (C=O) groups is 1. The second-order valence-electron chi connectivity index (χ2n) is 8.43. The second-order valence-corrected chi connectivity index (χ2v) is 11.1. The highest BCUT2D eigenvalue weighted by atomic mass is 32.2. The van der Waals surface area contributed by atoms with E-state index in [0.717, 1.165) is 24.2 Å². The summed E-state index contributed by atoms with van der Waals surface area (Å²) in [5.74, 6) is -0.263. The monoisotopic (exact) mass is 483 g/mol. The first kappa shape index (κ1) is 23.5. The van der Waals surface area contributed by atoms with Gasteiger partial charge in [-0.1, -0.05) is 29.8 Å². The van der Waals surface area contributed by atoms with Crippen LogP contribution in [0.25, 0.3) is 0 Å². The minimum atomic E-state index is -3.82. The summed E-state index contributed by atoms with van der Waals surface area (Å²) in [6.07, 6.45) is 2.34. The standard InChI is InChI=1S/C25H29N3O3S2/c1-18-7-10-20(11-8-18)27-33(30,31)21-12-9-19(2)22(16-21)25(29)26-17-23(24-6-5-15-32-24)28-13-3-4-14-28/h5-12,15-16,23,27H,3-4,13-14,17H2,1-2H3,(H,26,29)/t23-/m0/s1. The molecule has 0 unspecified atom stereocenters. The van der Waals surface area contributed by atoms with Crippen LogP contribution in [0.5, 0.6) is 0 Å². The molecular formula is C25H29N3O3S2. The summed E-state index contributed by atoms with van der Waals surface area (Å²) in [5.41, 5.74) is 2.63. The average molecular weight is 484 g/mol. The van der Waals surface area contributed by atoms with E-state index in [1.807, 2.05) is 32.0 Å². The summed E-state index contributed by atoms with van der Waals surface area (Å²) in [6.45, 7) is 6.29. The Morgan fingerprint density at radius 3 is 2.45 bits per heavy atom. The molecule has 1 fully saturated rings. The SMILES string of the molecule is Cc1ccc(NS(=O)(=O)c2ccc(C)c(C(=O)NC[C@@H](c3cccs3)N3CCCC3)c2)cc1. The fraction of sp³-hybridized carbons (Fsp3) is 0.320. The van der Waals surface area contributed by atoms with Crippen molar-refractivity contribution in [1.29, 1.82) is 0 Å². The highest BCUT2D eigenvalue weighted by Gasteiger charge is 2.25. The van der Waals surface area contributed by atoms with E-state index in [1.165, 1.54) is 29.9 Å². The summed E-state index contributed by atoms with van der Waals surface area (Å²) in [4.78, 5) is 16.8. The van der Waals surface area contributed by atoms with Gasteiger partial charge in [0.1, 0.15) is 0 Å². The third-order valence-electron chi connectivity index (χ3n) is 5.98. The van der Waals surface area contributed by atoms with Crippen LogP contribution in [0.15, 0.2) is 64.9 Å². The summed E-state index contributed by atoms with van der Waals surface area (Å²) in [5, 5.41) is 5.11. The molecule has 2 heterocycles. The number of amides is 1. The van der Waals surface area contributed by atoms with Gasteiger partial charge < -0.3 is 5.32 Å². The number of nitrogens with zero attached hydrogens (tertiary/aromatic N) is 1. The topological polar surface area (TPSA) is 78.5 Å². The van der Waals surface area contributed by atoms with E-state index in [0.29, 0.717) is 17.8 Å². The Labute approximate surface area is 199 Å². The maximum absolute atomic E-state index is 13.1. The van der Waals surface area contributed by atoms with Crippen LogP contribution in [0, 0.1) is 13.8 Å². The van der Waals surface area contributed by atoms with Crippen molar-refractivity contribution in [3.63, 3.8) is 0 Å². The summed E-state index contributed by atoms with van der Waals surface area (Å²) >= 11 is 1.70. The highest BCUT2D eigenvalue weighted by Crippen LogP contribution is 2.28. The van der Waals surface area contributed by atoms with E-state index < -0.39 is 10.0 Å². The number of rotatable bonds is 8. The van der Waals surface area contributed by atoms with Crippen molar-refractivity contribution in [3.05, 3.63) is 81.5 Å². The number of nitrogens with one attached hydrogen (secondary N) is 2. The molecule has 0 bridgehead atoms. The molecule has 1 amide bonds. The maximum atomic E-state index is 13.1. The van der Waals surface area contributed by atoms with E-state index in [1.54, 1.807) is 29.5 Å². The molecule has 1 atom stereocenters. The number of aryl methyl sites for hydroxylation is 2. The van der Waals surface area contributed by atoms with Crippen molar-refractivity contribution in [1.82, 2.24) is 10.2 Å². The predicted octanol–water partition coefficient (Wildman–Crippen LogP) is 4.73. The molecule has 6 nitrogen and oxygen atoms in total. The Morgan fingerprint density at radius 2 is 1.79 bits per heavy atom. The fourth-order valence-corrected chi connectivity index (χ4v) is 6.02. The number of thiophene rings is 1. The van der Waals surface area contributed by atoms with Gasteiger partial charge >= 0.3 is 0 Å². The Morgan fingerprint density at radius 1 is 1.06 bits per heavy atom. The lowest BCUT2D eigenvalue weighted by Gasteiger charge is -2.27. The molecule has 33 heavy (non-hydrogen) atoms. The van der Waals surface area contributed by atoms with Crippen molar-refractivity contribution < 1.29 is 13.2 Å². The van der Waals surface area contributed by atoms with Crippen LogP contribution in [0.4, 0.5) is 5.69 Å². The first-order valence-electron chi connectivity index (χ1n) is 11.1. The average Bonchev–Trinajstić information content (AvgIpc) is 3.50. The normalized spacial score (nSPS) is 15.3. The number of carbonyl (C=O) groups excluding carboxylic acids is 1. The van der Waals surface area contributed by atoms with Crippen LogP contribution in [-0.4, -0.2) is 38.9 Å². The highest BCUT2D eigenvalue weighted by molar-refractivity contribution is 7.92. The zero-order chi connectivity index (χ0) is 23.4. The smallest absolute Gasteiger partial charge is 0.261 e. The van der Waals surface area contributed by atoms with Crippen LogP contribution in [0.2, 0.25) is 0 Å². The van der Waals surface area contributed by atoms with E-state index in [-0.39, 0.29) is 16.8 Å². The van der Waals surface area contributed by atoms with Gasteiger partial charge in [0.15, 0.2) is 0 Å². The van der Waals surface area contributed by atoms with Crippen molar-refractivity contribution in [2.24, 2.45) is 0 Å². The molecule has 0 aliphatic carbocycles. The molecule has 3 aromatic rings. The van der Waals surface area contributed by atoms with Gasteiger partial charge in [-0.3, -0.25) is 14.4 Å². The summed E-state index contributed by atoms with van der Waals surface area (Å²) < 4.78 is 28.4. The molecule has 1 saturated heterocycles. The zero-order valence-corrected chi connectivity index (χ0v) is 20.5. The van der Waals surface area contributed by atoms with Gasteiger partial charge in [-0.15, -0.1) is 11.3 Å². The molecule has 4 rings (SSSR count). The van der Waals surface area contributed by atoms with Crippen LogP contribution in [-0.2, 0) is 10.0 Å². The Kier molecular flexibility index (Phi) is 7.17. The molecule has 1 aromatic heterocycles. The number of sulfonamides is 1. The minimum absolute atomic E-state index is 0.0631. The molecule has 1 aliphatic heterocycles. The lowest BCUT2D eigenvalue weighted by atomic mass is 10.1. The number of hydrogen-bond donors (Lipinski definition) is 2. The molecule has 0 radical (unpaired) electrons. The number of anilines is 1. The van der Waals surface area contributed by atoms with Crippen LogP contribution >= 0.6 is 11.3 Å². The lowest BCUT2D eigenvalue weighted by Crippen LogP contribution is -2.36. The van der Waals surface area contributed by atoms with Crippen LogP contribution in [0.1, 0.15) is 45.2 Å². The first-order valence-corrected chi connectivity index (χ1v) is 13.5. The van der Waals surface area contributed by atoms with Gasteiger partial charge in [-0.05, 0) is 81.1 Å². The Hall–Kier alpha value is -2.68. The number of benzene rings is 2. The van der Waals surface area contributed by atoms with Crippen LogP contribution < -0.4 is 10.0 Å². The molecule has 174 valence electrons. The second kappa shape index (κ2) is 10.1. The number of likely N-dealkylation sites (tertiary alicyclic amines) is 1. The van der Waals surface area contributed by atoms with Gasteiger partial charge in [0, 0.05) is 22.7 Å². The van der Waals surface area contributed by atoms with Crippen molar-refractivity contribution in [2.75, 3.05) is 24.4 Å². The van der Waals surface area contributed by atoms with Crippen molar-refractivity contribution >= 4 is 33.0 Å². The Balaban J connectivity index is 1.50. The zero-order valence-electron chi connectivity index (χ0n) is 18.9. The van der Waals surface area contributed by atoms with E-state index in [4.69, 9.17) is 0 Å². The van der Waals surface area contributed by atoms with E-state index >= 15 is 0 Å². The number of hydrogen-bond acceptors (Lipinski definition) is 5. The van der Waals surface area contributed by atoms with Crippen molar-refractivity contribution in [3.8, 4) is 0 Å². The van der Waals surface area contributed by atoms with Gasteiger partial charge in [-0.25, -0.2) is 8.42 Å². The third kappa shape index (κ3) is 5.63. The quantitative estimate of drug-likeness (QED) is 0.485. The molecule has 8 heteroatoms. The minimum Gasteiger partial charge on any atom is -0.350 e. The van der Waals surface area contributed by atoms with Gasteiger partial charge in [0.2, 0.25) is 0 Å². The van der Waals surface area contributed by atoms with Gasteiger partial charge in [-0.2, -0.15) is 0 Å². The van der Waals surface area contributed by atoms with Crippen LogP contribution in [0.3, 0.4) is 0 Å². The van der Waals surface area contributed by atoms with Gasteiger partial charge in [0.25, 0.3) is 15.9 Å². The lowest BCUT2D eigenvalue weighted by molar-refractivity contribution is 0.0937. The Bertz CT molecular complexity index is 1200. The largest absolute Gasteiger partial charge is 0.350 e. The summed E-state index contributed by atoms with van der Waals surface area (Å²) in [6, 6.07) is 16.1. The van der Waals surface area contributed by atoms with E-state index in [2.05, 4.69) is 26.4 Å². The molecular weight excluding hydrogens is 454 g/mol. The summed E-state index contributed by atoms with van der Waals surface area (Å²) in [7, 11) is -3.82. The predicted molar refractivity (Wildman–Crippen MR) is 133 cm³/mol. The van der Waals surface area contributed by atoms with Gasteiger partial charge in [0.05, 0.1) is 10.9 Å². The fourth-order valence-electron chi connectivity index (χ4n) is 4.08. The molecule has 0 spiro atoms. The molecule has 1 aliphatic rings. The third-order valence-corrected chi connectivity index (χ3v) is 8.33. The van der Waals surface area contributed by atoms with E-state index in [9.17, 15) is 13.2 Å². The molecule has 2 aromatic carbocycles. The molecule has 0 saturated carbocycles. The van der Waals surface area contributed by atoms with Crippen molar-refractivity contribution in [2.45, 2.75) is 37.6 Å². The molecule has 2 N–H and O–H groups in total. The first-order chi connectivity index (χ1) is 15.8.